The summed E-state index contributed by atoms with van der Waals surface area (Å²) < 4.78 is 10.9. The first-order valence-corrected chi connectivity index (χ1v) is 12.8. The van der Waals surface area contributed by atoms with Crippen LogP contribution in [0.25, 0.3) is 0 Å². The van der Waals surface area contributed by atoms with E-state index in [9.17, 15) is 29.4 Å². The predicted molar refractivity (Wildman–Crippen MR) is 139 cm³/mol. The molecule has 8 nitrogen and oxygen atoms in total. The third kappa shape index (κ3) is 7.82. The van der Waals surface area contributed by atoms with E-state index >= 15 is 0 Å². The van der Waals surface area contributed by atoms with E-state index in [0.29, 0.717) is 36.8 Å². The summed E-state index contributed by atoms with van der Waals surface area (Å²) in [5.74, 6) is -1.95. The maximum absolute atomic E-state index is 12.5. The summed E-state index contributed by atoms with van der Waals surface area (Å²) >= 11 is 0. The van der Waals surface area contributed by atoms with Crippen molar-refractivity contribution in [3.8, 4) is 0 Å². The summed E-state index contributed by atoms with van der Waals surface area (Å²) in [6, 6.07) is 13.2. The monoisotopic (exact) mass is 524 g/mol. The lowest BCUT2D eigenvalue weighted by atomic mass is 9.82. The molecule has 2 aromatic carbocycles. The Morgan fingerprint density at radius 2 is 0.921 bits per heavy atom. The van der Waals surface area contributed by atoms with Crippen molar-refractivity contribution in [3.05, 3.63) is 70.8 Å². The molecule has 1 fully saturated rings. The third-order valence-electron chi connectivity index (χ3n) is 6.70. The normalized spacial score (nSPS) is 17.9. The van der Waals surface area contributed by atoms with Crippen LogP contribution < -0.4 is 0 Å². The average Bonchev–Trinajstić information content (AvgIpc) is 2.89. The molecule has 0 unspecified atom stereocenters. The highest BCUT2D eigenvalue weighted by Crippen LogP contribution is 2.31. The van der Waals surface area contributed by atoms with Crippen LogP contribution in [0.4, 0.5) is 0 Å². The van der Waals surface area contributed by atoms with E-state index in [-0.39, 0.29) is 48.6 Å². The van der Waals surface area contributed by atoms with E-state index in [1.165, 1.54) is 27.7 Å². The molecule has 1 aliphatic rings. The molecule has 0 radical (unpaired) electrons. The van der Waals surface area contributed by atoms with E-state index < -0.39 is 11.2 Å². The van der Waals surface area contributed by atoms with E-state index in [1.54, 1.807) is 48.5 Å². The van der Waals surface area contributed by atoms with Gasteiger partial charge in [0.2, 0.25) is 0 Å². The van der Waals surface area contributed by atoms with Crippen molar-refractivity contribution in [2.75, 3.05) is 0 Å². The summed E-state index contributed by atoms with van der Waals surface area (Å²) in [5, 5.41) is 19.7. The molecule has 0 atom stereocenters. The Morgan fingerprint density at radius 3 is 1.18 bits per heavy atom. The van der Waals surface area contributed by atoms with Crippen molar-refractivity contribution in [2.24, 2.45) is 11.8 Å². The van der Waals surface area contributed by atoms with Crippen molar-refractivity contribution in [1.82, 2.24) is 0 Å². The van der Waals surface area contributed by atoms with Gasteiger partial charge < -0.3 is 19.7 Å². The lowest BCUT2D eigenvalue weighted by molar-refractivity contribution is -0.156. The molecule has 1 aliphatic carbocycles. The van der Waals surface area contributed by atoms with Gasteiger partial charge in [-0.1, -0.05) is 48.5 Å². The van der Waals surface area contributed by atoms with Gasteiger partial charge in [0.25, 0.3) is 0 Å². The van der Waals surface area contributed by atoms with Crippen molar-refractivity contribution in [3.63, 3.8) is 0 Å². The van der Waals surface area contributed by atoms with Crippen LogP contribution in [0, 0.1) is 11.8 Å². The molecule has 8 heteroatoms. The molecule has 0 aromatic heterocycles. The second-order valence-electron chi connectivity index (χ2n) is 10.9. The number of rotatable bonds is 10. The molecule has 2 N–H and O–H groups in total. The van der Waals surface area contributed by atoms with Gasteiger partial charge in [-0.05, 0) is 64.5 Å². The molecule has 2 aromatic rings. The summed E-state index contributed by atoms with van der Waals surface area (Å²) in [7, 11) is 0. The molecule has 0 spiro atoms. The average molecular weight is 525 g/mol. The molecular formula is C30H36O8. The highest BCUT2D eigenvalue weighted by atomic mass is 16.5. The number of aliphatic hydroxyl groups is 2. The fourth-order valence-corrected chi connectivity index (χ4v) is 4.32. The fourth-order valence-electron chi connectivity index (χ4n) is 4.32. The number of esters is 2. The Bertz CT molecular complexity index is 1050. The van der Waals surface area contributed by atoms with Gasteiger partial charge in [-0.15, -0.1) is 0 Å². The SMILES string of the molecule is CC(C)(O)C(=O)c1ccc(COC(=O)C2CCC(C(=O)OCc3ccc(C(=O)C(C)(C)O)cc3)CC2)cc1. The topological polar surface area (TPSA) is 127 Å². The third-order valence-corrected chi connectivity index (χ3v) is 6.70. The highest BCUT2D eigenvalue weighted by molar-refractivity contribution is 6.02. The maximum Gasteiger partial charge on any atom is 0.309 e. The molecule has 1 saturated carbocycles. The van der Waals surface area contributed by atoms with Gasteiger partial charge in [0, 0.05) is 11.1 Å². The Labute approximate surface area is 223 Å². The lowest BCUT2D eigenvalue weighted by Crippen LogP contribution is -2.31. The summed E-state index contributed by atoms with van der Waals surface area (Å²) in [5.41, 5.74) is -0.665. The Morgan fingerprint density at radius 1 is 0.632 bits per heavy atom. The van der Waals surface area contributed by atoms with Gasteiger partial charge in [0.1, 0.15) is 24.4 Å². The number of ketones is 2. The van der Waals surface area contributed by atoms with Gasteiger partial charge in [-0.25, -0.2) is 0 Å². The van der Waals surface area contributed by atoms with Crippen molar-refractivity contribution in [2.45, 2.75) is 77.8 Å². The molecule has 0 saturated heterocycles. The minimum absolute atomic E-state index is 0.0813. The van der Waals surface area contributed by atoms with Crippen LogP contribution in [-0.4, -0.2) is 44.9 Å². The minimum atomic E-state index is -1.45. The first-order valence-electron chi connectivity index (χ1n) is 12.8. The molecule has 204 valence electrons. The van der Waals surface area contributed by atoms with E-state index in [1.807, 2.05) is 0 Å². The zero-order valence-electron chi connectivity index (χ0n) is 22.4. The zero-order chi connectivity index (χ0) is 28.1. The van der Waals surface area contributed by atoms with Gasteiger partial charge in [-0.2, -0.15) is 0 Å². The van der Waals surface area contributed by atoms with Crippen molar-refractivity contribution in [1.29, 1.82) is 0 Å². The number of ether oxygens (including phenoxy) is 2. The molecule has 0 amide bonds. The quantitative estimate of drug-likeness (QED) is 0.350. The first kappa shape index (κ1) is 29.2. The zero-order valence-corrected chi connectivity index (χ0v) is 22.4. The van der Waals surface area contributed by atoms with Gasteiger partial charge >= 0.3 is 11.9 Å². The number of hydrogen-bond donors (Lipinski definition) is 2. The largest absolute Gasteiger partial charge is 0.461 e. The van der Waals surface area contributed by atoms with Crippen LogP contribution in [0.5, 0.6) is 0 Å². The number of Topliss-reactive ketones (excluding diaryl/α,β-unsaturated/α-hetero) is 2. The van der Waals surface area contributed by atoms with Gasteiger partial charge in [-0.3, -0.25) is 19.2 Å². The smallest absolute Gasteiger partial charge is 0.309 e. The van der Waals surface area contributed by atoms with Crippen LogP contribution in [-0.2, 0) is 32.3 Å². The molecule has 3 rings (SSSR count). The van der Waals surface area contributed by atoms with E-state index in [0.717, 1.165) is 11.1 Å². The number of benzene rings is 2. The summed E-state index contributed by atoms with van der Waals surface area (Å²) in [6.45, 7) is 5.90. The van der Waals surface area contributed by atoms with Crippen LogP contribution >= 0.6 is 0 Å². The molecule has 0 heterocycles. The lowest BCUT2D eigenvalue weighted by Gasteiger charge is -2.26. The standard InChI is InChI=1S/C30H36O8/c1-29(2,35)25(31)21-9-5-19(6-10-21)17-37-27(33)23-13-15-24(16-14-23)28(34)38-18-20-7-11-22(12-8-20)26(32)30(3,4)36/h5-12,23-24,35-36H,13-18H2,1-4H3. The van der Waals surface area contributed by atoms with Crippen LogP contribution in [0.2, 0.25) is 0 Å². The Balaban J connectivity index is 1.40. The predicted octanol–water partition coefficient (Wildman–Crippen LogP) is 4.19. The Kier molecular flexibility index (Phi) is 9.22. The van der Waals surface area contributed by atoms with E-state index in [2.05, 4.69) is 0 Å². The van der Waals surface area contributed by atoms with Crippen LogP contribution in [0.15, 0.2) is 48.5 Å². The van der Waals surface area contributed by atoms with Crippen LogP contribution in [0.1, 0.15) is 85.2 Å². The number of carbonyl (C=O) groups excluding carboxylic acids is 4. The molecule has 38 heavy (non-hydrogen) atoms. The fraction of sp³-hybridized carbons (Fsp3) is 0.467. The summed E-state index contributed by atoms with van der Waals surface area (Å²) in [4.78, 5) is 49.3. The minimum Gasteiger partial charge on any atom is -0.461 e. The summed E-state index contributed by atoms with van der Waals surface area (Å²) in [6.07, 6.45) is 2.13. The maximum atomic E-state index is 12.5. The number of hydrogen-bond acceptors (Lipinski definition) is 8. The van der Waals surface area contributed by atoms with E-state index in [4.69, 9.17) is 9.47 Å². The number of carbonyl (C=O) groups is 4. The Hall–Kier alpha value is -3.36. The molecule has 0 aliphatic heterocycles. The highest BCUT2D eigenvalue weighted by Gasteiger charge is 2.32. The first-order chi connectivity index (χ1) is 17.8. The second kappa shape index (κ2) is 12.0. The van der Waals surface area contributed by atoms with Crippen LogP contribution in [0.3, 0.4) is 0 Å². The second-order valence-corrected chi connectivity index (χ2v) is 10.9. The van der Waals surface area contributed by atoms with Crippen molar-refractivity contribution < 1.29 is 38.9 Å². The van der Waals surface area contributed by atoms with Crippen molar-refractivity contribution >= 4 is 23.5 Å². The molecule has 0 bridgehead atoms. The van der Waals surface area contributed by atoms with Gasteiger partial charge in [0.05, 0.1) is 11.8 Å². The van der Waals surface area contributed by atoms with Gasteiger partial charge in [0.15, 0.2) is 11.6 Å². The molecular weight excluding hydrogens is 488 g/mol.